The van der Waals surface area contributed by atoms with Gasteiger partial charge in [-0.2, -0.15) is 11.8 Å². The van der Waals surface area contributed by atoms with Crippen molar-refractivity contribution in [3.05, 3.63) is 18.7 Å². The van der Waals surface area contributed by atoms with Gasteiger partial charge >= 0.3 is 0 Å². The van der Waals surface area contributed by atoms with Crippen LogP contribution in [0.5, 0.6) is 0 Å². The van der Waals surface area contributed by atoms with Crippen LogP contribution in [0.3, 0.4) is 0 Å². The Morgan fingerprint density at radius 1 is 1.48 bits per heavy atom. The minimum atomic E-state index is 0. The molecular weight excluding hydrogens is 421 g/mol. The summed E-state index contributed by atoms with van der Waals surface area (Å²) >= 11 is 1.88. The third kappa shape index (κ3) is 5.55. The van der Waals surface area contributed by atoms with Crippen molar-refractivity contribution in [3.8, 4) is 0 Å². The van der Waals surface area contributed by atoms with E-state index in [0.29, 0.717) is 12.0 Å². The number of nitrogens with one attached hydrogen (secondary N) is 1. The van der Waals surface area contributed by atoms with E-state index in [4.69, 9.17) is 0 Å². The Labute approximate surface area is 161 Å². The van der Waals surface area contributed by atoms with Crippen LogP contribution in [0.25, 0.3) is 0 Å². The van der Waals surface area contributed by atoms with Crippen molar-refractivity contribution in [1.29, 1.82) is 0 Å². The van der Waals surface area contributed by atoms with Gasteiger partial charge in [-0.15, -0.1) is 24.0 Å². The minimum absolute atomic E-state index is 0. The Morgan fingerprint density at radius 2 is 2.22 bits per heavy atom. The van der Waals surface area contributed by atoms with Gasteiger partial charge in [-0.05, 0) is 32.4 Å². The molecule has 5 nitrogen and oxygen atoms in total. The lowest BCUT2D eigenvalue weighted by Gasteiger charge is -2.39. The van der Waals surface area contributed by atoms with Gasteiger partial charge < -0.3 is 14.8 Å². The number of imidazole rings is 1. The highest BCUT2D eigenvalue weighted by Gasteiger charge is 2.29. The first-order valence-electron chi connectivity index (χ1n) is 7.95. The predicted molar refractivity (Wildman–Crippen MR) is 111 cm³/mol. The van der Waals surface area contributed by atoms with Crippen molar-refractivity contribution in [2.24, 2.45) is 10.9 Å². The third-order valence-electron chi connectivity index (χ3n) is 4.56. The van der Waals surface area contributed by atoms with Crippen LogP contribution in [0.4, 0.5) is 0 Å². The van der Waals surface area contributed by atoms with Crippen LogP contribution in [0.1, 0.15) is 33.2 Å². The molecule has 0 aliphatic carbocycles. The summed E-state index contributed by atoms with van der Waals surface area (Å²) < 4.78 is 2.44. The molecule has 2 rings (SSSR count). The molecule has 0 bridgehead atoms. The molecule has 1 aliphatic rings. The summed E-state index contributed by atoms with van der Waals surface area (Å²) in [5, 5.41) is 3.54. The first-order chi connectivity index (χ1) is 10.5. The summed E-state index contributed by atoms with van der Waals surface area (Å²) in [5.41, 5.74) is 0. The average Bonchev–Trinajstić information content (AvgIpc) is 3.03. The van der Waals surface area contributed by atoms with Gasteiger partial charge in [0.1, 0.15) is 0 Å². The first-order valence-corrected chi connectivity index (χ1v) is 9.17. The molecule has 2 heterocycles. The van der Waals surface area contributed by atoms with Crippen LogP contribution in [-0.2, 0) is 0 Å². The second-order valence-corrected chi connectivity index (χ2v) is 8.17. The Bertz CT molecular complexity index is 489. The van der Waals surface area contributed by atoms with Crippen molar-refractivity contribution >= 4 is 41.7 Å². The van der Waals surface area contributed by atoms with Crippen LogP contribution in [-0.4, -0.2) is 58.1 Å². The summed E-state index contributed by atoms with van der Waals surface area (Å²) in [6.45, 7) is 9.80. The van der Waals surface area contributed by atoms with E-state index in [1.807, 2.05) is 31.3 Å². The Morgan fingerprint density at radius 3 is 2.78 bits per heavy atom. The van der Waals surface area contributed by atoms with Crippen molar-refractivity contribution in [2.45, 2.75) is 38.0 Å². The van der Waals surface area contributed by atoms with Gasteiger partial charge in [0.25, 0.3) is 0 Å². The lowest BCUT2D eigenvalue weighted by molar-refractivity contribution is 0.189. The van der Waals surface area contributed by atoms with Gasteiger partial charge in [0.15, 0.2) is 5.96 Å². The molecule has 1 saturated heterocycles. The van der Waals surface area contributed by atoms with E-state index in [9.17, 15) is 0 Å². The molecule has 0 aromatic carbocycles. The number of nitrogens with zero attached hydrogens (tertiary/aromatic N) is 4. The molecule has 0 radical (unpaired) electrons. The van der Waals surface area contributed by atoms with Gasteiger partial charge in [0.05, 0.1) is 12.4 Å². The molecule has 0 spiro atoms. The normalized spacial score (nSPS) is 22.7. The number of likely N-dealkylation sites (tertiary alicyclic amines) is 1. The number of thioether (sulfide) groups is 1. The molecule has 7 heteroatoms. The second-order valence-electron chi connectivity index (χ2n) is 6.65. The number of halogens is 1. The summed E-state index contributed by atoms with van der Waals surface area (Å²) in [5.74, 6) is 1.67. The number of guanidine groups is 1. The monoisotopic (exact) mass is 451 g/mol. The standard InChI is InChI=1S/C16H29N5S.HI/c1-13-6-8-20(10-14(13)21-9-7-18-12-21)15(17-4)19-11-16(2,3)22-5;/h7,9,12-14H,6,8,10-11H2,1-5H3,(H,17,19);1H. The molecule has 1 N–H and O–H groups in total. The molecule has 2 unspecified atom stereocenters. The summed E-state index contributed by atoms with van der Waals surface area (Å²) in [6, 6.07) is 0.461. The smallest absolute Gasteiger partial charge is 0.193 e. The molecule has 2 atom stereocenters. The van der Waals surface area contributed by atoms with Crippen LogP contribution < -0.4 is 5.32 Å². The summed E-state index contributed by atoms with van der Waals surface area (Å²) in [7, 11) is 1.87. The van der Waals surface area contributed by atoms with Gasteiger partial charge in [0, 0.05) is 43.8 Å². The maximum Gasteiger partial charge on any atom is 0.193 e. The van der Waals surface area contributed by atoms with Gasteiger partial charge in [-0.1, -0.05) is 6.92 Å². The number of rotatable bonds is 4. The molecule has 23 heavy (non-hydrogen) atoms. The molecule has 1 aromatic rings. The van der Waals surface area contributed by atoms with Gasteiger partial charge in [-0.3, -0.25) is 4.99 Å². The fourth-order valence-electron chi connectivity index (χ4n) is 2.79. The zero-order chi connectivity index (χ0) is 16.2. The quantitative estimate of drug-likeness (QED) is 0.434. The summed E-state index contributed by atoms with van der Waals surface area (Å²) in [4.78, 5) is 11.1. The number of hydrogen-bond acceptors (Lipinski definition) is 3. The molecule has 1 aliphatic heterocycles. The highest BCUT2D eigenvalue weighted by molar-refractivity contribution is 14.0. The Hall–Kier alpha value is -0.440. The van der Waals surface area contributed by atoms with Crippen LogP contribution in [0.15, 0.2) is 23.7 Å². The number of piperidine rings is 1. The maximum absolute atomic E-state index is 4.49. The molecule has 0 amide bonds. The highest BCUT2D eigenvalue weighted by atomic mass is 127. The van der Waals surface area contributed by atoms with E-state index < -0.39 is 0 Å². The van der Waals surface area contributed by atoms with Crippen LogP contribution in [0.2, 0.25) is 0 Å². The van der Waals surface area contributed by atoms with Crippen molar-refractivity contribution in [3.63, 3.8) is 0 Å². The molecule has 0 saturated carbocycles. The van der Waals surface area contributed by atoms with Crippen LogP contribution in [0, 0.1) is 5.92 Å². The lowest BCUT2D eigenvalue weighted by atomic mass is 9.93. The van der Waals surface area contributed by atoms with Gasteiger partial charge in [0.2, 0.25) is 0 Å². The Balaban J connectivity index is 0.00000264. The topological polar surface area (TPSA) is 45.5 Å². The lowest BCUT2D eigenvalue weighted by Crippen LogP contribution is -2.51. The van der Waals surface area contributed by atoms with E-state index in [0.717, 1.165) is 25.6 Å². The predicted octanol–water partition coefficient (Wildman–Crippen LogP) is 3.10. The molecule has 132 valence electrons. The molecule has 1 aromatic heterocycles. The third-order valence-corrected chi connectivity index (χ3v) is 5.81. The number of aromatic nitrogens is 2. The number of hydrogen-bond donors (Lipinski definition) is 1. The van der Waals surface area contributed by atoms with E-state index in [1.54, 1.807) is 0 Å². The SMILES string of the molecule is CN=C(NCC(C)(C)SC)N1CCC(C)C(n2ccnc2)C1.I. The van der Waals surface area contributed by atoms with E-state index in [-0.39, 0.29) is 28.7 Å². The number of aliphatic imine (C=N–C) groups is 1. The largest absolute Gasteiger partial charge is 0.355 e. The maximum atomic E-state index is 4.49. The van der Waals surface area contributed by atoms with E-state index >= 15 is 0 Å². The highest BCUT2D eigenvalue weighted by Crippen LogP contribution is 2.27. The summed E-state index contributed by atoms with van der Waals surface area (Å²) in [6.07, 6.45) is 9.19. The first kappa shape index (κ1) is 20.6. The van der Waals surface area contributed by atoms with Crippen molar-refractivity contribution in [1.82, 2.24) is 19.8 Å². The van der Waals surface area contributed by atoms with Gasteiger partial charge in [-0.25, -0.2) is 4.98 Å². The zero-order valence-corrected chi connectivity index (χ0v) is 18.0. The minimum Gasteiger partial charge on any atom is -0.355 e. The molecular formula is C16H30IN5S. The Kier molecular flexibility index (Phi) is 8.20. The van der Waals surface area contributed by atoms with Crippen molar-refractivity contribution < 1.29 is 0 Å². The fourth-order valence-corrected chi connectivity index (χ4v) is 3.01. The van der Waals surface area contributed by atoms with E-state index in [2.05, 4.69) is 58.0 Å². The zero-order valence-electron chi connectivity index (χ0n) is 14.8. The second kappa shape index (κ2) is 9.15. The molecule has 1 fully saturated rings. The van der Waals surface area contributed by atoms with Crippen LogP contribution >= 0.6 is 35.7 Å². The fraction of sp³-hybridized carbons (Fsp3) is 0.750. The van der Waals surface area contributed by atoms with Crippen molar-refractivity contribution in [2.75, 3.05) is 32.9 Å². The van der Waals surface area contributed by atoms with E-state index in [1.165, 1.54) is 6.42 Å². The average molecular weight is 451 g/mol.